The Kier molecular flexibility index (Phi) is 5.21. The summed E-state index contributed by atoms with van der Waals surface area (Å²) in [7, 11) is 0. The van der Waals surface area contributed by atoms with Gasteiger partial charge in [0.15, 0.2) is 0 Å². The van der Waals surface area contributed by atoms with E-state index in [-0.39, 0.29) is 11.7 Å². The number of hydrogen-bond acceptors (Lipinski definition) is 2. The summed E-state index contributed by atoms with van der Waals surface area (Å²) in [5.41, 5.74) is 2.95. The van der Waals surface area contributed by atoms with Crippen LogP contribution in [0.4, 0.5) is 20.6 Å². The maximum atomic E-state index is 13.4. The van der Waals surface area contributed by atoms with Crippen LogP contribution < -0.4 is 15.5 Å². The van der Waals surface area contributed by atoms with Gasteiger partial charge in [-0.2, -0.15) is 0 Å². The molecule has 1 unspecified atom stereocenters. The number of nitrogens with one attached hydrogen (secondary N) is 2. The Morgan fingerprint density at radius 3 is 2.81 bits per heavy atom. The largest absolute Gasteiger partial charge is 0.326 e. The maximum Gasteiger partial charge on any atom is 0.319 e. The van der Waals surface area contributed by atoms with Crippen LogP contribution in [0.2, 0.25) is 0 Å². The van der Waals surface area contributed by atoms with Gasteiger partial charge in [-0.1, -0.05) is 19.1 Å². The molecule has 2 aromatic rings. The number of benzene rings is 2. The summed E-state index contributed by atoms with van der Waals surface area (Å²) in [4.78, 5) is 26.4. The van der Waals surface area contributed by atoms with Gasteiger partial charge >= 0.3 is 6.03 Å². The van der Waals surface area contributed by atoms with Gasteiger partial charge in [0, 0.05) is 17.9 Å². The van der Waals surface area contributed by atoms with Gasteiger partial charge in [-0.3, -0.25) is 4.79 Å². The van der Waals surface area contributed by atoms with Crippen LogP contribution in [0.5, 0.6) is 0 Å². The number of carbonyl (C=O) groups is 2. The second-order valence-corrected chi connectivity index (χ2v) is 6.42. The molecule has 1 atom stereocenters. The lowest BCUT2D eigenvalue weighted by Crippen LogP contribution is -2.43. The van der Waals surface area contributed by atoms with Crippen LogP contribution in [-0.2, 0) is 11.2 Å². The van der Waals surface area contributed by atoms with Gasteiger partial charge in [0.1, 0.15) is 11.9 Å². The van der Waals surface area contributed by atoms with E-state index in [1.807, 2.05) is 31.2 Å². The van der Waals surface area contributed by atoms with Gasteiger partial charge in [-0.25, -0.2) is 9.18 Å². The normalized spacial score (nSPS) is 16.7. The zero-order valence-electron chi connectivity index (χ0n) is 14.9. The molecule has 136 valence electrons. The molecule has 5 nitrogen and oxygen atoms in total. The van der Waals surface area contributed by atoms with E-state index in [1.165, 1.54) is 6.07 Å². The standard InChI is InChI=1S/C20H22FN3O2/c1-3-14-5-4-6-15(12-14)22-20(26)23-18-9-10-24(19(18)25)16-7-8-17(21)13(2)11-16/h4-8,11-12,18H,3,9-10H2,1-2H3,(H2,22,23,26). The lowest BCUT2D eigenvalue weighted by atomic mass is 10.1. The van der Waals surface area contributed by atoms with Gasteiger partial charge in [0.25, 0.3) is 0 Å². The fraction of sp³-hybridized carbons (Fsp3) is 0.300. The molecule has 2 aromatic carbocycles. The molecule has 0 aliphatic carbocycles. The molecular weight excluding hydrogens is 333 g/mol. The van der Waals surface area contributed by atoms with Crippen molar-refractivity contribution in [3.63, 3.8) is 0 Å². The number of hydrogen-bond donors (Lipinski definition) is 2. The molecule has 26 heavy (non-hydrogen) atoms. The van der Waals surface area contributed by atoms with Crippen molar-refractivity contribution in [2.45, 2.75) is 32.7 Å². The zero-order chi connectivity index (χ0) is 18.7. The second kappa shape index (κ2) is 7.56. The van der Waals surface area contributed by atoms with E-state index in [1.54, 1.807) is 24.0 Å². The number of carbonyl (C=O) groups excluding carboxylic acids is 2. The van der Waals surface area contributed by atoms with Crippen LogP contribution >= 0.6 is 0 Å². The van der Waals surface area contributed by atoms with E-state index in [9.17, 15) is 14.0 Å². The SMILES string of the molecule is CCc1cccc(NC(=O)NC2CCN(c3ccc(F)c(C)c3)C2=O)c1. The highest BCUT2D eigenvalue weighted by Gasteiger charge is 2.33. The molecule has 2 N–H and O–H groups in total. The zero-order valence-corrected chi connectivity index (χ0v) is 14.9. The molecule has 1 saturated heterocycles. The summed E-state index contributed by atoms with van der Waals surface area (Å²) in [6.07, 6.45) is 1.39. The second-order valence-electron chi connectivity index (χ2n) is 6.42. The van der Waals surface area contributed by atoms with Gasteiger partial charge in [0.05, 0.1) is 0 Å². The molecule has 0 spiro atoms. The van der Waals surface area contributed by atoms with Crippen molar-refractivity contribution in [2.24, 2.45) is 0 Å². The first kappa shape index (κ1) is 17.9. The van der Waals surface area contributed by atoms with E-state index in [4.69, 9.17) is 0 Å². The van der Waals surface area contributed by atoms with Crippen molar-refractivity contribution in [3.05, 3.63) is 59.4 Å². The third kappa shape index (κ3) is 3.85. The van der Waals surface area contributed by atoms with Crippen LogP contribution in [0.25, 0.3) is 0 Å². The number of nitrogens with zero attached hydrogens (tertiary/aromatic N) is 1. The Bertz CT molecular complexity index is 838. The van der Waals surface area contributed by atoms with Crippen molar-refractivity contribution in [1.29, 1.82) is 0 Å². The Balaban J connectivity index is 1.62. The van der Waals surface area contributed by atoms with Crippen molar-refractivity contribution in [3.8, 4) is 0 Å². The van der Waals surface area contributed by atoms with Crippen LogP contribution in [-0.4, -0.2) is 24.5 Å². The van der Waals surface area contributed by atoms with Crippen LogP contribution in [0.1, 0.15) is 24.5 Å². The summed E-state index contributed by atoms with van der Waals surface area (Å²) in [5.74, 6) is -0.489. The minimum Gasteiger partial charge on any atom is -0.326 e. The summed E-state index contributed by atoms with van der Waals surface area (Å²) < 4.78 is 13.4. The van der Waals surface area contributed by atoms with E-state index < -0.39 is 12.1 Å². The molecule has 0 radical (unpaired) electrons. The van der Waals surface area contributed by atoms with Crippen molar-refractivity contribution < 1.29 is 14.0 Å². The minimum absolute atomic E-state index is 0.187. The number of halogens is 1. The van der Waals surface area contributed by atoms with Crippen LogP contribution in [0, 0.1) is 12.7 Å². The smallest absolute Gasteiger partial charge is 0.319 e. The molecule has 0 bridgehead atoms. The predicted octanol–water partition coefficient (Wildman–Crippen LogP) is 3.62. The number of rotatable bonds is 4. The number of anilines is 2. The number of urea groups is 1. The Morgan fingerprint density at radius 1 is 1.27 bits per heavy atom. The first-order valence-electron chi connectivity index (χ1n) is 8.72. The molecule has 1 fully saturated rings. The molecule has 1 aliphatic rings. The molecular formula is C20H22FN3O2. The van der Waals surface area contributed by atoms with Crippen LogP contribution in [0.15, 0.2) is 42.5 Å². The summed E-state index contributed by atoms with van der Waals surface area (Å²) in [6, 6.07) is 11.2. The monoisotopic (exact) mass is 355 g/mol. The third-order valence-corrected chi connectivity index (χ3v) is 4.56. The van der Waals surface area contributed by atoms with E-state index in [2.05, 4.69) is 10.6 Å². The highest BCUT2D eigenvalue weighted by atomic mass is 19.1. The Hall–Kier alpha value is -2.89. The Labute approximate surface area is 152 Å². The fourth-order valence-electron chi connectivity index (χ4n) is 3.06. The first-order chi connectivity index (χ1) is 12.5. The van der Waals surface area contributed by atoms with E-state index in [0.717, 1.165) is 12.0 Å². The van der Waals surface area contributed by atoms with Gasteiger partial charge in [-0.15, -0.1) is 0 Å². The van der Waals surface area contributed by atoms with Gasteiger partial charge in [-0.05, 0) is 61.2 Å². The third-order valence-electron chi connectivity index (χ3n) is 4.56. The average molecular weight is 355 g/mol. The van der Waals surface area contributed by atoms with E-state index >= 15 is 0 Å². The highest BCUT2D eigenvalue weighted by Crippen LogP contribution is 2.24. The number of aryl methyl sites for hydroxylation is 2. The Morgan fingerprint density at radius 2 is 2.08 bits per heavy atom. The number of amides is 3. The topological polar surface area (TPSA) is 61.4 Å². The van der Waals surface area contributed by atoms with Crippen molar-refractivity contribution >= 4 is 23.3 Å². The predicted molar refractivity (Wildman–Crippen MR) is 99.9 cm³/mol. The van der Waals surface area contributed by atoms with Gasteiger partial charge < -0.3 is 15.5 Å². The molecule has 6 heteroatoms. The molecule has 1 aliphatic heterocycles. The molecule has 3 amide bonds. The summed E-state index contributed by atoms with van der Waals surface area (Å²) in [6.45, 7) is 4.19. The quantitative estimate of drug-likeness (QED) is 0.880. The highest BCUT2D eigenvalue weighted by molar-refractivity contribution is 6.02. The molecule has 3 rings (SSSR count). The minimum atomic E-state index is -0.588. The summed E-state index contributed by atoms with van der Waals surface area (Å²) >= 11 is 0. The molecule has 0 saturated carbocycles. The fourth-order valence-corrected chi connectivity index (χ4v) is 3.06. The van der Waals surface area contributed by atoms with Crippen molar-refractivity contribution in [1.82, 2.24) is 5.32 Å². The van der Waals surface area contributed by atoms with Crippen LogP contribution in [0.3, 0.4) is 0 Å². The lowest BCUT2D eigenvalue weighted by molar-refractivity contribution is -0.118. The van der Waals surface area contributed by atoms with E-state index in [0.29, 0.717) is 29.9 Å². The molecule has 0 aromatic heterocycles. The maximum absolute atomic E-state index is 13.4. The lowest BCUT2D eigenvalue weighted by Gasteiger charge is -2.18. The van der Waals surface area contributed by atoms with Gasteiger partial charge in [0.2, 0.25) is 5.91 Å². The summed E-state index contributed by atoms with van der Waals surface area (Å²) in [5, 5.41) is 5.49. The van der Waals surface area contributed by atoms with Crippen molar-refractivity contribution in [2.75, 3.05) is 16.8 Å². The first-order valence-corrected chi connectivity index (χ1v) is 8.72. The molecule has 1 heterocycles. The average Bonchev–Trinajstić information content (AvgIpc) is 2.98.